The van der Waals surface area contributed by atoms with Crippen molar-refractivity contribution < 1.29 is 42.3 Å². The van der Waals surface area contributed by atoms with Gasteiger partial charge in [-0.1, -0.05) is 109 Å². The first-order valence-corrected chi connectivity index (χ1v) is 17.6. The molecule has 3 unspecified atom stereocenters. The van der Waals surface area contributed by atoms with E-state index in [0.29, 0.717) is 11.1 Å². The fraction of sp³-hybridized carbons (Fsp3) is 0.324. The Morgan fingerprint density at radius 3 is 2.10 bits per heavy atom. The third kappa shape index (κ3) is 10.1. The number of halogens is 2. The highest BCUT2D eigenvalue weighted by Gasteiger charge is 2.50. The molecule has 1 aliphatic heterocycles. The molecule has 3 aromatic carbocycles. The molecule has 0 saturated heterocycles. The largest absolute Gasteiger partial charge is 0.481 e. The average molecular weight is 733 g/mol. The summed E-state index contributed by atoms with van der Waals surface area (Å²) in [6.45, 7) is 2.67. The van der Waals surface area contributed by atoms with Crippen LogP contribution in [0.1, 0.15) is 48.2 Å². The Hall–Kier alpha value is -4.30. The number of rotatable bonds is 16. The minimum atomic E-state index is -3.87. The molecular formula is C34H35Cl2N3O9S. The number of benzene rings is 3. The number of carbonyl (C=O) groups is 4. The Kier molecular flexibility index (Phi) is 12.6. The molecule has 0 saturated carbocycles. The molecule has 1 amide bonds. The Labute approximate surface area is 293 Å². The molecule has 0 radical (unpaired) electrons. The number of carboxylic acids is 1. The average Bonchev–Trinajstić information content (AvgIpc) is 3.47. The van der Waals surface area contributed by atoms with Gasteiger partial charge in [-0.25, -0.2) is 17.9 Å². The fourth-order valence-corrected chi connectivity index (χ4v) is 7.28. The molecular weight excluding hydrogens is 697 g/mol. The van der Waals surface area contributed by atoms with Crippen molar-refractivity contribution in [3.05, 3.63) is 106 Å². The summed E-state index contributed by atoms with van der Waals surface area (Å²) in [6, 6.07) is 19.2. The number of Topliss-reactive ketones (excluding diaryl/α,β-unsaturated/α-hetero) is 1. The first kappa shape index (κ1) is 37.5. The molecule has 1 heterocycles. The van der Waals surface area contributed by atoms with E-state index in [0.717, 1.165) is 0 Å². The number of carbonyl (C=O) groups excluding carboxylic acids is 3. The summed E-state index contributed by atoms with van der Waals surface area (Å²) >= 11 is 12.1. The second-order valence-electron chi connectivity index (χ2n) is 11.9. The molecule has 0 spiro atoms. The minimum Gasteiger partial charge on any atom is -0.481 e. The predicted molar refractivity (Wildman–Crippen MR) is 183 cm³/mol. The van der Waals surface area contributed by atoms with Gasteiger partial charge in [0.1, 0.15) is 6.04 Å². The summed E-state index contributed by atoms with van der Waals surface area (Å²) in [7, 11) is -3.87. The van der Waals surface area contributed by atoms with E-state index in [9.17, 15) is 32.7 Å². The lowest BCUT2D eigenvalue weighted by molar-refractivity contribution is -0.148. The van der Waals surface area contributed by atoms with Crippen LogP contribution in [0.25, 0.3) is 0 Å². The van der Waals surface area contributed by atoms with Crippen LogP contribution in [0, 0.1) is 5.92 Å². The van der Waals surface area contributed by atoms with Gasteiger partial charge >= 0.3 is 11.9 Å². The van der Waals surface area contributed by atoms with Gasteiger partial charge < -0.3 is 20.0 Å². The van der Waals surface area contributed by atoms with Crippen molar-refractivity contribution in [2.75, 3.05) is 6.61 Å². The van der Waals surface area contributed by atoms with E-state index in [1.165, 1.54) is 18.2 Å². The normalized spacial score (nSPS) is 17.0. The molecule has 3 aromatic rings. The van der Waals surface area contributed by atoms with Crippen LogP contribution in [0.15, 0.2) is 84.0 Å². The topological polar surface area (TPSA) is 178 Å². The molecule has 15 heteroatoms. The summed E-state index contributed by atoms with van der Waals surface area (Å²) in [5, 5.41) is 16.2. The van der Waals surface area contributed by atoms with E-state index in [4.69, 9.17) is 32.8 Å². The highest BCUT2D eigenvalue weighted by atomic mass is 35.5. The summed E-state index contributed by atoms with van der Waals surface area (Å²) in [5.74, 6) is -4.82. The number of oxime groups is 1. The molecule has 0 bridgehead atoms. The molecule has 0 aliphatic carbocycles. The molecule has 4 rings (SSSR count). The third-order valence-corrected chi connectivity index (χ3v) is 9.62. The molecule has 3 N–H and O–H groups in total. The van der Waals surface area contributed by atoms with Crippen molar-refractivity contribution in [2.45, 2.75) is 56.5 Å². The number of hydrogen-bond donors (Lipinski definition) is 3. The lowest BCUT2D eigenvalue weighted by atomic mass is 9.85. The molecule has 3 atom stereocenters. The molecule has 1 aliphatic rings. The number of ether oxygens (including phenoxy) is 1. The van der Waals surface area contributed by atoms with Crippen molar-refractivity contribution in [1.82, 2.24) is 10.0 Å². The Morgan fingerprint density at radius 1 is 0.939 bits per heavy atom. The number of ketones is 1. The van der Waals surface area contributed by atoms with Crippen LogP contribution < -0.4 is 10.0 Å². The maximum atomic E-state index is 14.0. The van der Waals surface area contributed by atoms with Gasteiger partial charge in [-0.15, -0.1) is 0 Å². The van der Waals surface area contributed by atoms with Crippen molar-refractivity contribution in [3.8, 4) is 0 Å². The van der Waals surface area contributed by atoms with Crippen LogP contribution in [-0.2, 0) is 46.2 Å². The fourth-order valence-electron chi connectivity index (χ4n) is 5.22. The first-order chi connectivity index (χ1) is 23.2. The number of nitrogens with zero attached hydrogens (tertiary/aromatic N) is 1. The Morgan fingerprint density at radius 2 is 1.53 bits per heavy atom. The van der Waals surface area contributed by atoms with E-state index in [1.54, 1.807) is 74.5 Å². The number of nitrogens with one attached hydrogen (secondary N) is 2. The minimum absolute atomic E-state index is 0.0144. The molecule has 49 heavy (non-hydrogen) atoms. The lowest BCUT2D eigenvalue weighted by Gasteiger charge is -2.29. The molecule has 0 aromatic heterocycles. The van der Waals surface area contributed by atoms with Crippen molar-refractivity contribution >= 4 is 62.6 Å². The highest BCUT2D eigenvalue weighted by molar-refractivity contribution is 7.88. The van der Waals surface area contributed by atoms with Crippen molar-refractivity contribution in [1.29, 1.82) is 0 Å². The molecule has 0 fully saturated rings. The third-order valence-electron chi connectivity index (χ3n) is 7.67. The zero-order valence-electron chi connectivity index (χ0n) is 26.6. The first-order valence-electron chi connectivity index (χ1n) is 15.2. The molecule has 260 valence electrons. The maximum Gasteiger partial charge on any atom is 0.341 e. The quantitative estimate of drug-likeness (QED) is 0.178. The van der Waals surface area contributed by atoms with Gasteiger partial charge in [0.15, 0.2) is 12.4 Å². The van der Waals surface area contributed by atoms with Crippen LogP contribution in [0.4, 0.5) is 0 Å². The van der Waals surface area contributed by atoms with Gasteiger partial charge in [0, 0.05) is 12.8 Å². The zero-order valence-corrected chi connectivity index (χ0v) is 28.9. The number of carboxylic acid groups (broad SMARTS) is 1. The van der Waals surface area contributed by atoms with E-state index in [-0.39, 0.29) is 45.8 Å². The summed E-state index contributed by atoms with van der Waals surface area (Å²) < 4.78 is 34.2. The smallest absolute Gasteiger partial charge is 0.341 e. The summed E-state index contributed by atoms with van der Waals surface area (Å²) in [5.41, 5.74) is -0.485. The van der Waals surface area contributed by atoms with Crippen LogP contribution in [-0.4, -0.2) is 67.2 Å². The zero-order chi connectivity index (χ0) is 35.8. The van der Waals surface area contributed by atoms with E-state index in [2.05, 4.69) is 15.2 Å². The van der Waals surface area contributed by atoms with Crippen molar-refractivity contribution in [2.24, 2.45) is 11.1 Å². The lowest BCUT2D eigenvalue weighted by Crippen LogP contribution is -2.55. The van der Waals surface area contributed by atoms with Crippen LogP contribution in [0.3, 0.4) is 0 Å². The summed E-state index contributed by atoms with van der Waals surface area (Å²) in [6.07, 6.45) is -1.07. The van der Waals surface area contributed by atoms with Crippen LogP contribution >= 0.6 is 23.2 Å². The van der Waals surface area contributed by atoms with Gasteiger partial charge in [0.05, 0.1) is 39.5 Å². The monoisotopic (exact) mass is 731 g/mol. The number of aliphatic carboxylic acids is 1. The number of hydrogen-bond acceptors (Lipinski definition) is 9. The van der Waals surface area contributed by atoms with Gasteiger partial charge in [-0.3, -0.25) is 14.4 Å². The van der Waals surface area contributed by atoms with Gasteiger partial charge in [-0.05, 0) is 29.2 Å². The predicted octanol–water partition coefficient (Wildman–Crippen LogP) is 4.58. The van der Waals surface area contributed by atoms with Crippen LogP contribution in [0.2, 0.25) is 10.0 Å². The maximum absolute atomic E-state index is 14.0. The molecule has 12 nitrogen and oxygen atoms in total. The standard InChI is InChI=1S/C34H35Cl2N3O9S/c1-21(2)31(39-49(45,46)20-23-12-7-4-8-13-23)27-18-34(48-38-27,17-22-10-5-3-6-11-22)33(44)37-26(16-29(41)42)28(40)19-47-32(43)30-24(35)14-9-15-25(30)36/h3-15,21,26,31,39H,16-20H2,1-2H3,(H,37,44)(H,41,42). The number of esters is 1. The SMILES string of the molecule is CC(C)C(NS(=O)(=O)Cc1ccccc1)C1=NOC(Cc2ccccc2)(C(=O)NC(CC(=O)O)C(=O)COC(=O)c2c(Cl)cccc2Cl)C1. The van der Waals surface area contributed by atoms with Gasteiger partial charge in [-0.2, -0.15) is 0 Å². The highest BCUT2D eigenvalue weighted by Crippen LogP contribution is 2.32. The van der Waals surface area contributed by atoms with Crippen LogP contribution in [0.5, 0.6) is 0 Å². The van der Waals surface area contributed by atoms with E-state index in [1.807, 2.05) is 0 Å². The summed E-state index contributed by atoms with van der Waals surface area (Å²) in [4.78, 5) is 57.5. The number of amides is 1. The van der Waals surface area contributed by atoms with E-state index < -0.39 is 64.4 Å². The van der Waals surface area contributed by atoms with Crippen molar-refractivity contribution in [3.63, 3.8) is 0 Å². The second-order valence-corrected chi connectivity index (χ2v) is 14.4. The second kappa shape index (κ2) is 16.4. The Bertz CT molecular complexity index is 1800. The Balaban J connectivity index is 1.55. The van der Waals surface area contributed by atoms with E-state index >= 15 is 0 Å². The van der Waals surface area contributed by atoms with Gasteiger partial charge in [0.2, 0.25) is 15.6 Å². The van der Waals surface area contributed by atoms with Gasteiger partial charge in [0.25, 0.3) is 5.91 Å². The number of sulfonamides is 1.